The Balaban J connectivity index is 1.84. The Hall–Kier alpha value is -1.35. The van der Waals surface area contributed by atoms with Gasteiger partial charge in [0.1, 0.15) is 12.5 Å². The lowest BCUT2D eigenvalue weighted by Gasteiger charge is -2.26. The Bertz CT molecular complexity index is 380. The molecule has 0 radical (unpaired) electrons. The highest BCUT2D eigenvalue weighted by Gasteiger charge is 2.10. The summed E-state index contributed by atoms with van der Waals surface area (Å²) in [6.45, 7) is 4.79. The number of carbonyl (C=O) groups is 1. The smallest absolute Gasteiger partial charge is 0.162 e. The number of hydrogen-bond donors (Lipinski definition) is 0. The minimum absolute atomic E-state index is 0.178. The van der Waals surface area contributed by atoms with Crippen LogP contribution in [0.5, 0.6) is 5.75 Å². The van der Waals surface area contributed by atoms with E-state index >= 15 is 0 Å². The van der Waals surface area contributed by atoms with E-state index in [1.165, 1.54) is 19.3 Å². The van der Waals surface area contributed by atoms with Crippen molar-refractivity contribution in [3.63, 3.8) is 0 Å². The van der Waals surface area contributed by atoms with E-state index in [1.54, 1.807) is 0 Å². The van der Waals surface area contributed by atoms with E-state index < -0.39 is 0 Å². The summed E-state index contributed by atoms with van der Waals surface area (Å²) < 4.78 is 5.73. The molecule has 98 valence electrons. The number of benzene rings is 1. The highest BCUT2D eigenvalue weighted by Crippen LogP contribution is 2.15. The molecule has 18 heavy (non-hydrogen) atoms. The van der Waals surface area contributed by atoms with Crippen LogP contribution < -0.4 is 4.74 Å². The van der Waals surface area contributed by atoms with Crippen LogP contribution in [0, 0.1) is 0 Å². The largest absolute Gasteiger partial charge is 0.478 e. The van der Waals surface area contributed by atoms with Gasteiger partial charge in [0.05, 0.1) is 0 Å². The minimum Gasteiger partial charge on any atom is -0.478 e. The first kappa shape index (κ1) is 13.1. The lowest BCUT2D eigenvalue weighted by atomic mass is 10.1. The molecule has 0 atom stereocenters. The van der Waals surface area contributed by atoms with Crippen molar-refractivity contribution < 1.29 is 9.53 Å². The summed E-state index contributed by atoms with van der Waals surface area (Å²) in [5, 5.41) is 0. The zero-order chi connectivity index (χ0) is 12.8. The van der Waals surface area contributed by atoms with Gasteiger partial charge in [-0.15, -0.1) is 0 Å². The lowest BCUT2D eigenvalue weighted by molar-refractivity contribution is 0.0987. The SMILES string of the molecule is CCC(=O)c1ccc(OCN2CCCCC2)cc1. The summed E-state index contributed by atoms with van der Waals surface area (Å²) >= 11 is 0. The molecule has 1 heterocycles. The van der Waals surface area contributed by atoms with Gasteiger partial charge in [-0.05, 0) is 37.1 Å². The van der Waals surface area contributed by atoms with Gasteiger partial charge >= 0.3 is 0 Å². The van der Waals surface area contributed by atoms with Gasteiger partial charge in [0.2, 0.25) is 0 Å². The van der Waals surface area contributed by atoms with Crippen molar-refractivity contribution in [2.45, 2.75) is 32.6 Å². The number of piperidine rings is 1. The summed E-state index contributed by atoms with van der Waals surface area (Å²) in [7, 11) is 0. The van der Waals surface area contributed by atoms with Crippen LogP contribution >= 0.6 is 0 Å². The van der Waals surface area contributed by atoms with Crippen LogP contribution in [-0.4, -0.2) is 30.5 Å². The number of likely N-dealkylation sites (tertiary alicyclic amines) is 1. The Morgan fingerprint density at radius 3 is 2.44 bits per heavy atom. The summed E-state index contributed by atoms with van der Waals surface area (Å²) in [6.07, 6.45) is 4.43. The van der Waals surface area contributed by atoms with Crippen molar-refractivity contribution in [2.24, 2.45) is 0 Å². The van der Waals surface area contributed by atoms with Gasteiger partial charge in [-0.1, -0.05) is 13.3 Å². The molecule has 0 aromatic heterocycles. The molecular formula is C15H21NO2. The van der Waals surface area contributed by atoms with Crippen LogP contribution in [0.15, 0.2) is 24.3 Å². The van der Waals surface area contributed by atoms with Crippen LogP contribution in [0.1, 0.15) is 43.0 Å². The lowest BCUT2D eigenvalue weighted by Crippen LogP contribution is -2.33. The number of rotatable bonds is 5. The van der Waals surface area contributed by atoms with Crippen molar-refractivity contribution in [3.05, 3.63) is 29.8 Å². The van der Waals surface area contributed by atoms with Crippen LogP contribution in [0.4, 0.5) is 0 Å². The summed E-state index contributed by atoms with van der Waals surface area (Å²) in [4.78, 5) is 13.8. The van der Waals surface area contributed by atoms with E-state index in [4.69, 9.17) is 4.74 Å². The molecule has 0 spiro atoms. The highest BCUT2D eigenvalue weighted by atomic mass is 16.5. The molecule has 0 saturated carbocycles. The molecule has 1 saturated heterocycles. The number of ketones is 1. The number of carbonyl (C=O) groups excluding carboxylic acids is 1. The van der Waals surface area contributed by atoms with Gasteiger partial charge in [0, 0.05) is 25.1 Å². The molecule has 0 N–H and O–H groups in total. The summed E-state index contributed by atoms with van der Waals surface area (Å²) in [5.74, 6) is 1.02. The number of Topliss-reactive ketones (excluding diaryl/α,β-unsaturated/α-hetero) is 1. The molecule has 1 aromatic carbocycles. The van der Waals surface area contributed by atoms with E-state index in [2.05, 4.69) is 4.90 Å². The maximum atomic E-state index is 11.5. The van der Waals surface area contributed by atoms with Crippen LogP contribution in [0.3, 0.4) is 0 Å². The van der Waals surface area contributed by atoms with E-state index in [0.29, 0.717) is 13.2 Å². The predicted molar refractivity (Wildman–Crippen MR) is 72.0 cm³/mol. The first-order valence-corrected chi connectivity index (χ1v) is 6.78. The fraction of sp³-hybridized carbons (Fsp3) is 0.533. The molecule has 0 unspecified atom stereocenters. The second-order valence-corrected chi connectivity index (χ2v) is 4.75. The summed E-state index contributed by atoms with van der Waals surface area (Å²) in [5.41, 5.74) is 0.767. The average Bonchev–Trinajstić information content (AvgIpc) is 2.46. The van der Waals surface area contributed by atoms with E-state index in [1.807, 2.05) is 31.2 Å². The fourth-order valence-corrected chi connectivity index (χ4v) is 2.20. The Kier molecular flexibility index (Phi) is 4.76. The fourth-order valence-electron chi connectivity index (χ4n) is 2.20. The van der Waals surface area contributed by atoms with Crippen molar-refractivity contribution in [3.8, 4) is 5.75 Å². The number of hydrogen-bond acceptors (Lipinski definition) is 3. The Labute approximate surface area is 109 Å². The third kappa shape index (κ3) is 3.57. The normalized spacial score (nSPS) is 16.5. The molecule has 0 aliphatic carbocycles. The molecule has 0 amide bonds. The molecule has 0 bridgehead atoms. The quantitative estimate of drug-likeness (QED) is 0.749. The topological polar surface area (TPSA) is 29.5 Å². The molecule has 1 aliphatic heterocycles. The molecule has 1 aliphatic rings. The van der Waals surface area contributed by atoms with Gasteiger partial charge in [-0.2, -0.15) is 0 Å². The predicted octanol–water partition coefficient (Wildman–Crippen LogP) is 3.10. The molecule has 3 nitrogen and oxygen atoms in total. The van der Waals surface area contributed by atoms with E-state index in [0.717, 1.165) is 24.4 Å². The molecule has 1 aromatic rings. The van der Waals surface area contributed by atoms with Crippen molar-refractivity contribution in [1.29, 1.82) is 0 Å². The van der Waals surface area contributed by atoms with E-state index in [9.17, 15) is 4.79 Å². The van der Waals surface area contributed by atoms with Gasteiger partial charge in [-0.25, -0.2) is 0 Å². The summed E-state index contributed by atoms with van der Waals surface area (Å²) in [6, 6.07) is 7.45. The van der Waals surface area contributed by atoms with Gasteiger partial charge in [0.25, 0.3) is 0 Å². The molecule has 3 heteroatoms. The zero-order valence-corrected chi connectivity index (χ0v) is 11.0. The Morgan fingerprint density at radius 2 is 1.83 bits per heavy atom. The van der Waals surface area contributed by atoms with Crippen molar-refractivity contribution in [2.75, 3.05) is 19.8 Å². The number of ether oxygens (including phenoxy) is 1. The average molecular weight is 247 g/mol. The third-order valence-electron chi connectivity index (χ3n) is 3.36. The van der Waals surface area contributed by atoms with Crippen LogP contribution in [0.25, 0.3) is 0 Å². The standard InChI is InChI=1S/C15H21NO2/c1-2-15(17)13-6-8-14(9-7-13)18-12-16-10-4-3-5-11-16/h6-9H,2-5,10-12H2,1H3. The third-order valence-corrected chi connectivity index (χ3v) is 3.36. The van der Waals surface area contributed by atoms with Gasteiger partial charge < -0.3 is 4.74 Å². The molecule has 1 fully saturated rings. The minimum atomic E-state index is 0.178. The second-order valence-electron chi connectivity index (χ2n) is 4.75. The maximum absolute atomic E-state index is 11.5. The molecule has 2 rings (SSSR count). The maximum Gasteiger partial charge on any atom is 0.162 e. The van der Waals surface area contributed by atoms with Crippen LogP contribution in [0.2, 0.25) is 0 Å². The number of nitrogens with zero attached hydrogens (tertiary/aromatic N) is 1. The van der Waals surface area contributed by atoms with Crippen molar-refractivity contribution >= 4 is 5.78 Å². The Morgan fingerprint density at radius 1 is 1.17 bits per heavy atom. The highest BCUT2D eigenvalue weighted by molar-refractivity contribution is 5.95. The first-order valence-electron chi connectivity index (χ1n) is 6.78. The van der Waals surface area contributed by atoms with Crippen molar-refractivity contribution in [1.82, 2.24) is 4.90 Å². The van der Waals surface area contributed by atoms with Gasteiger partial charge in [-0.3, -0.25) is 9.69 Å². The zero-order valence-electron chi connectivity index (χ0n) is 11.0. The molecular weight excluding hydrogens is 226 g/mol. The van der Waals surface area contributed by atoms with Crippen LogP contribution in [-0.2, 0) is 0 Å². The van der Waals surface area contributed by atoms with Gasteiger partial charge in [0.15, 0.2) is 5.78 Å². The second kappa shape index (κ2) is 6.55. The monoisotopic (exact) mass is 247 g/mol. The first-order chi connectivity index (χ1) is 8.79. The van der Waals surface area contributed by atoms with E-state index in [-0.39, 0.29) is 5.78 Å².